The second kappa shape index (κ2) is 5.43. The number of aryl methyl sites for hydroxylation is 1. The molecule has 1 saturated carbocycles. The van der Waals surface area contributed by atoms with Gasteiger partial charge in [0.15, 0.2) is 0 Å². The fourth-order valence-corrected chi connectivity index (χ4v) is 3.11. The average Bonchev–Trinajstić information content (AvgIpc) is 2.72. The van der Waals surface area contributed by atoms with Crippen molar-refractivity contribution in [2.75, 3.05) is 0 Å². The highest BCUT2D eigenvalue weighted by Crippen LogP contribution is 2.38. The number of nitrogens with zero attached hydrogens (tertiary/aromatic N) is 1. The Morgan fingerprint density at radius 1 is 1.33 bits per heavy atom. The highest BCUT2D eigenvalue weighted by atomic mass is 16.4. The van der Waals surface area contributed by atoms with E-state index < -0.39 is 0 Å². The molecular formula is C15H26N2O. The van der Waals surface area contributed by atoms with E-state index in [1.807, 2.05) is 6.92 Å². The maximum atomic E-state index is 5.52. The highest BCUT2D eigenvalue weighted by Gasteiger charge is 2.33. The number of aromatic nitrogens is 1. The van der Waals surface area contributed by atoms with Gasteiger partial charge in [-0.2, -0.15) is 0 Å². The fraction of sp³-hybridized carbons (Fsp3) is 0.800. The van der Waals surface area contributed by atoms with Crippen LogP contribution in [0.3, 0.4) is 0 Å². The van der Waals surface area contributed by atoms with Gasteiger partial charge in [-0.05, 0) is 31.1 Å². The van der Waals surface area contributed by atoms with E-state index in [2.05, 4.69) is 31.1 Å². The number of oxazole rings is 1. The Labute approximate surface area is 110 Å². The first kappa shape index (κ1) is 13.6. The monoisotopic (exact) mass is 250 g/mol. The van der Waals surface area contributed by atoms with Crippen LogP contribution < -0.4 is 5.32 Å². The summed E-state index contributed by atoms with van der Waals surface area (Å²) in [5.41, 5.74) is 0.380. The van der Waals surface area contributed by atoms with Crippen LogP contribution in [-0.2, 0) is 6.54 Å². The van der Waals surface area contributed by atoms with Crippen molar-refractivity contribution in [3.8, 4) is 0 Å². The number of nitrogens with one attached hydrogen (secondary N) is 1. The molecule has 2 atom stereocenters. The maximum Gasteiger partial charge on any atom is 0.208 e. The van der Waals surface area contributed by atoms with E-state index in [1.54, 1.807) is 6.20 Å². The quantitative estimate of drug-likeness (QED) is 0.889. The third-order valence-electron chi connectivity index (χ3n) is 4.06. The van der Waals surface area contributed by atoms with Gasteiger partial charge in [-0.3, -0.25) is 0 Å². The summed E-state index contributed by atoms with van der Waals surface area (Å²) in [5, 5.41) is 3.65. The summed E-state index contributed by atoms with van der Waals surface area (Å²) in [5.74, 6) is 2.45. The molecule has 0 aliphatic heterocycles. The third kappa shape index (κ3) is 3.35. The van der Waals surface area contributed by atoms with Gasteiger partial charge in [-0.15, -0.1) is 0 Å². The normalized spacial score (nSPS) is 25.3. The summed E-state index contributed by atoms with van der Waals surface area (Å²) < 4.78 is 5.52. The van der Waals surface area contributed by atoms with Crippen molar-refractivity contribution >= 4 is 0 Å². The lowest BCUT2D eigenvalue weighted by molar-refractivity contribution is 0.128. The zero-order valence-corrected chi connectivity index (χ0v) is 12.1. The predicted octanol–water partition coefficient (Wildman–Crippen LogP) is 3.68. The molecule has 2 unspecified atom stereocenters. The number of hydrogen-bond acceptors (Lipinski definition) is 3. The lowest BCUT2D eigenvalue weighted by atomic mass is 9.69. The zero-order valence-electron chi connectivity index (χ0n) is 12.1. The van der Waals surface area contributed by atoms with Crippen LogP contribution in [0.15, 0.2) is 10.6 Å². The van der Waals surface area contributed by atoms with Gasteiger partial charge in [0.25, 0.3) is 0 Å². The van der Waals surface area contributed by atoms with Crippen LogP contribution in [0.4, 0.5) is 0 Å². The molecule has 3 nitrogen and oxygen atoms in total. The van der Waals surface area contributed by atoms with E-state index in [0.29, 0.717) is 11.5 Å². The smallest absolute Gasteiger partial charge is 0.208 e. The Hall–Kier alpha value is -0.830. The summed E-state index contributed by atoms with van der Waals surface area (Å²) in [4.78, 5) is 4.26. The topological polar surface area (TPSA) is 38.1 Å². The Morgan fingerprint density at radius 2 is 2.06 bits per heavy atom. The lowest BCUT2D eigenvalue weighted by Gasteiger charge is -2.40. The molecule has 102 valence electrons. The summed E-state index contributed by atoms with van der Waals surface area (Å²) in [6.07, 6.45) is 7.12. The lowest BCUT2D eigenvalue weighted by Crippen LogP contribution is -2.43. The largest absolute Gasteiger partial charge is 0.445 e. The van der Waals surface area contributed by atoms with Crippen LogP contribution in [-0.4, -0.2) is 11.0 Å². The highest BCUT2D eigenvalue weighted by molar-refractivity contribution is 4.93. The minimum atomic E-state index is 0.380. The third-order valence-corrected chi connectivity index (χ3v) is 4.06. The van der Waals surface area contributed by atoms with Crippen molar-refractivity contribution < 1.29 is 4.42 Å². The van der Waals surface area contributed by atoms with Gasteiger partial charge in [0.05, 0.1) is 12.7 Å². The van der Waals surface area contributed by atoms with E-state index in [0.717, 1.165) is 24.1 Å². The van der Waals surface area contributed by atoms with Gasteiger partial charge < -0.3 is 9.73 Å². The van der Waals surface area contributed by atoms with Gasteiger partial charge in [-0.25, -0.2) is 4.98 Å². The van der Waals surface area contributed by atoms with Crippen molar-refractivity contribution in [1.82, 2.24) is 10.3 Å². The van der Waals surface area contributed by atoms with E-state index in [4.69, 9.17) is 4.42 Å². The molecule has 1 fully saturated rings. The Morgan fingerprint density at radius 3 is 2.67 bits per heavy atom. The first-order valence-electron chi connectivity index (χ1n) is 7.11. The summed E-state index contributed by atoms with van der Waals surface area (Å²) in [6, 6.07) is 0.603. The molecule has 0 amide bonds. The van der Waals surface area contributed by atoms with Gasteiger partial charge in [0.2, 0.25) is 5.89 Å². The average molecular weight is 250 g/mol. The van der Waals surface area contributed by atoms with Gasteiger partial charge in [-0.1, -0.05) is 33.6 Å². The molecule has 1 aromatic heterocycles. The molecule has 0 radical (unpaired) electrons. The van der Waals surface area contributed by atoms with E-state index in [9.17, 15) is 0 Å². The second-order valence-electron chi connectivity index (χ2n) is 6.61. The molecule has 0 saturated heterocycles. The molecule has 18 heavy (non-hydrogen) atoms. The van der Waals surface area contributed by atoms with Crippen LogP contribution in [0.25, 0.3) is 0 Å². The van der Waals surface area contributed by atoms with Gasteiger partial charge in [0.1, 0.15) is 5.76 Å². The van der Waals surface area contributed by atoms with Gasteiger partial charge >= 0.3 is 0 Å². The molecular weight excluding hydrogens is 224 g/mol. The molecule has 1 aliphatic rings. The van der Waals surface area contributed by atoms with E-state index in [-0.39, 0.29) is 0 Å². The Balaban J connectivity index is 1.93. The van der Waals surface area contributed by atoms with Crippen molar-refractivity contribution in [3.05, 3.63) is 17.8 Å². The molecule has 1 aromatic rings. The Bertz CT molecular complexity index is 378. The molecule has 0 bridgehead atoms. The van der Waals surface area contributed by atoms with Crippen molar-refractivity contribution in [3.63, 3.8) is 0 Å². The number of rotatable bonds is 3. The van der Waals surface area contributed by atoms with Gasteiger partial charge in [0, 0.05) is 6.04 Å². The van der Waals surface area contributed by atoms with E-state index in [1.165, 1.54) is 25.7 Å². The zero-order chi connectivity index (χ0) is 13.2. The van der Waals surface area contributed by atoms with Crippen LogP contribution >= 0.6 is 0 Å². The molecule has 1 aliphatic carbocycles. The second-order valence-corrected chi connectivity index (χ2v) is 6.61. The number of hydrogen-bond donors (Lipinski definition) is 1. The predicted molar refractivity (Wildman–Crippen MR) is 73.3 cm³/mol. The molecule has 3 heteroatoms. The van der Waals surface area contributed by atoms with Crippen LogP contribution in [0.2, 0.25) is 0 Å². The first-order chi connectivity index (χ1) is 8.47. The van der Waals surface area contributed by atoms with Crippen molar-refractivity contribution in [2.45, 2.75) is 66.0 Å². The van der Waals surface area contributed by atoms with Crippen molar-refractivity contribution in [1.29, 1.82) is 0 Å². The standard InChI is InChI=1S/C15H26N2O/c1-11-9-17-14(18-11)10-16-13-8-6-5-7-12(13)15(2,3)4/h9,12-13,16H,5-8,10H2,1-4H3. The summed E-state index contributed by atoms with van der Waals surface area (Å²) in [7, 11) is 0. The van der Waals surface area contributed by atoms with Crippen LogP contribution in [0.5, 0.6) is 0 Å². The maximum absolute atomic E-state index is 5.52. The molecule has 1 heterocycles. The molecule has 2 rings (SSSR count). The first-order valence-corrected chi connectivity index (χ1v) is 7.11. The molecule has 0 spiro atoms. The van der Waals surface area contributed by atoms with E-state index >= 15 is 0 Å². The fourth-order valence-electron chi connectivity index (χ4n) is 3.11. The molecule has 1 N–H and O–H groups in total. The van der Waals surface area contributed by atoms with Crippen LogP contribution in [0, 0.1) is 18.3 Å². The minimum absolute atomic E-state index is 0.380. The summed E-state index contributed by atoms with van der Waals surface area (Å²) in [6.45, 7) is 9.76. The SMILES string of the molecule is Cc1cnc(CNC2CCCCC2C(C)(C)C)o1. The minimum Gasteiger partial charge on any atom is -0.445 e. The summed E-state index contributed by atoms with van der Waals surface area (Å²) >= 11 is 0. The molecule has 0 aromatic carbocycles. The van der Waals surface area contributed by atoms with Crippen molar-refractivity contribution in [2.24, 2.45) is 11.3 Å². The van der Waals surface area contributed by atoms with Crippen LogP contribution in [0.1, 0.15) is 58.1 Å². The Kier molecular flexibility index (Phi) is 4.10.